The predicted octanol–water partition coefficient (Wildman–Crippen LogP) is 3.70. The molecular weight excluding hydrogens is 334 g/mol. The molecule has 1 heterocycles. The molecule has 0 aliphatic carbocycles. The second kappa shape index (κ2) is 7.62. The van der Waals surface area contributed by atoms with Gasteiger partial charge in [0.2, 0.25) is 0 Å². The molecule has 0 fully saturated rings. The molecule has 0 spiro atoms. The number of hydroxylamine groups is 3. The molecule has 1 aromatic heterocycles. The average Bonchev–Trinajstić information content (AvgIpc) is 2.66. The Kier molecular flexibility index (Phi) is 5.49. The van der Waals surface area contributed by atoms with E-state index in [2.05, 4.69) is 13.8 Å². The molecule has 0 aliphatic heterocycles. The molecular formula is C20H24NO3S+. The monoisotopic (exact) mass is 358 g/mol. The van der Waals surface area contributed by atoms with Crippen molar-refractivity contribution in [1.82, 2.24) is 0 Å². The number of aliphatic hydroxyl groups excluding tert-OH is 1. The minimum atomic E-state index is 0.0771. The van der Waals surface area contributed by atoms with E-state index >= 15 is 0 Å². The number of aliphatic hydroxyl groups is 1. The molecule has 3 rings (SSSR count). The highest BCUT2D eigenvalue weighted by Crippen LogP contribution is 2.25. The number of rotatable bonds is 7. The number of likely N-dealkylation sites (N-methyl/N-ethyl adjacent to an activating group) is 1. The van der Waals surface area contributed by atoms with Gasteiger partial charge in [0, 0.05) is 20.2 Å². The van der Waals surface area contributed by atoms with Crippen LogP contribution < -0.4 is 5.43 Å². The number of benzene rings is 2. The summed E-state index contributed by atoms with van der Waals surface area (Å²) in [4.78, 5) is 18.9. The summed E-state index contributed by atoms with van der Waals surface area (Å²) in [7, 11) is 0. The minimum absolute atomic E-state index is 0.0771. The van der Waals surface area contributed by atoms with Crippen LogP contribution in [0, 0.1) is 0 Å². The zero-order valence-corrected chi connectivity index (χ0v) is 15.5. The van der Waals surface area contributed by atoms with Crippen LogP contribution >= 0.6 is 11.3 Å². The van der Waals surface area contributed by atoms with Gasteiger partial charge in [0.25, 0.3) is 0 Å². The molecule has 0 unspecified atom stereocenters. The van der Waals surface area contributed by atoms with Gasteiger partial charge in [-0.3, -0.25) is 4.79 Å². The van der Waals surface area contributed by atoms with Gasteiger partial charge in [-0.05, 0) is 43.7 Å². The second-order valence-corrected chi connectivity index (χ2v) is 7.25. The van der Waals surface area contributed by atoms with Crippen molar-refractivity contribution < 1.29 is 14.6 Å². The van der Waals surface area contributed by atoms with Gasteiger partial charge in [0.1, 0.15) is 26.2 Å². The van der Waals surface area contributed by atoms with E-state index < -0.39 is 0 Å². The van der Waals surface area contributed by atoms with Gasteiger partial charge in [-0.25, -0.2) is 0 Å². The molecule has 0 atom stereocenters. The Morgan fingerprint density at radius 3 is 2.48 bits per heavy atom. The molecule has 132 valence electrons. The molecule has 0 radical (unpaired) electrons. The summed E-state index contributed by atoms with van der Waals surface area (Å²) in [5.41, 5.74) is 1.06. The Labute approximate surface area is 151 Å². The number of fused-ring (bicyclic) bond motifs is 2. The first-order valence-electron chi connectivity index (χ1n) is 8.68. The number of nitrogens with zero attached hydrogens (tertiary/aromatic N) is 1. The molecule has 0 bridgehead atoms. The first kappa shape index (κ1) is 18.0. The molecule has 25 heavy (non-hydrogen) atoms. The third-order valence-corrected chi connectivity index (χ3v) is 5.96. The predicted molar refractivity (Wildman–Crippen MR) is 104 cm³/mol. The van der Waals surface area contributed by atoms with Crippen LogP contribution in [0.2, 0.25) is 0 Å². The van der Waals surface area contributed by atoms with Crippen LogP contribution in [0.4, 0.5) is 0 Å². The SMILES string of the molecule is CC[N+](CC)(CCO)OCc1ccc2sc3ccccc3c(=O)c2c1. The lowest BCUT2D eigenvalue weighted by atomic mass is 10.1. The van der Waals surface area contributed by atoms with Crippen molar-refractivity contribution in [1.29, 1.82) is 0 Å². The number of hydrogen-bond donors (Lipinski definition) is 1. The highest BCUT2D eigenvalue weighted by atomic mass is 32.1. The minimum Gasteiger partial charge on any atom is -0.390 e. The summed E-state index contributed by atoms with van der Waals surface area (Å²) in [5, 5.41) is 10.8. The fraction of sp³-hybridized carbons (Fsp3) is 0.350. The van der Waals surface area contributed by atoms with E-state index in [9.17, 15) is 9.90 Å². The van der Waals surface area contributed by atoms with Crippen LogP contribution in [0.3, 0.4) is 0 Å². The summed E-state index contributed by atoms with van der Waals surface area (Å²) < 4.78 is 2.42. The molecule has 3 aromatic rings. The quantitative estimate of drug-likeness (QED) is 0.398. The topological polar surface area (TPSA) is 46.5 Å². The standard InChI is InChI=1S/C20H24NO3S/c1-3-21(4-2,11-12-22)24-14-15-9-10-19-17(13-15)20(23)16-7-5-6-8-18(16)25-19/h5-10,13,22H,3-4,11-12,14H2,1-2H3/q+1. The molecule has 0 saturated carbocycles. The molecule has 2 aromatic carbocycles. The zero-order chi connectivity index (χ0) is 17.9. The molecule has 1 N–H and O–H groups in total. The summed E-state index contributed by atoms with van der Waals surface area (Å²) in [6.45, 7) is 6.80. The Hall–Kier alpha value is -1.79. The van der Waals surface area contributed by atoms with Gasteiger partial charge in [0.05, 0.1) is 6.61 Å². The van der Waals surface area contributed by atoms with Crippen LogP contribution in [0.25, 0.3) is 20.2 Å². The van der Waals surface area contributed by atoms with E-state index in [0.717, 1.165) is 38.8 Å². The fourth-order valence-electron chi connectivity index (χ4n) is 3.12. The third-order valence-electron chi connectivity index (χ3n) is 4.81. The van der Waals surface area contributed by atoms with E-state index in [1.54, 1.807) is 11.3 Å². The Morgan fingerprint density at radius 2 is 1.76 bits per heavy atom. The highest BCUT2D eigenvalue weighted by Gasteiger charge is 2.25. The molecule has 4 nitrogen and oxygen atoms in total. The van der Waals surface area contributed by atoms with E-state index in [0.29, 0.717) is 17.8 Å². The van der Waals surface area contributed by atoms with Crippen molar-refractivity contribution in [2.75, 3.05) is 26.2 Å². The summed E-state index contributed by atoms with van der Waals surface area (Å²) in [6.07, 6.45) is 0. The van der Waals surface area contributed by atoms with Gasteiger partial charge < -0.3 is 5.11 Å². The maximum Gasteiger partial charge on any atom is 0.195 e. The first-order chi connectivity index (χ1) is 12.1. The Morgan fingerprint density at radius 1 is 1.04 bits per heavy atom. The van der Waals surface area contributed by atoms with E-state index in [4.69, 9.17) is 4.84 Å². The molecule has 0 aliphatic rings. The average molecular weight is 358 g/mol. The molecule has 0 saturated heterocycles. The van der Waals surface area contributed by atoms with Crippen molar-refractivity contribution in [2.45, 2.75) is 20.5 Å². The normalized spacial score (nSPS) is 12.1. The van der Waals surface area contributed by atoms with Crippen molar-refractivity contribution >= 4 is 31.5 Å². The van der Waals surface area contributed by atoms with Gasteiger partial charge in [-0.1, -0.05) is 18.2 Å². The zero-order valence-electron chi connectivity index (χ0n) is 14.7. The van der Waals surface area contributed by atoms with E-state index in [1.165, 1.54) is 0 Å². The van der Waals surface area contributed by atoms with Gasteiger partial charge in [-0.15, -0.1) is 11.3 Å². The molecule has 5 heteroatoms. The number of quaternary nitrogens is 1. The van der Waals surface area contributed by atoms with Crippen molar-refractivity contribution in [3.8, 4) is 0 Å². The third kappa shape index (κ3) is 3.60. The molecule has 0 amide bonds. The van der Waals surface area contributed by atoms with Gasteiger partial charge in [-0.2, -0.15) is 9.48 Å². The van der Waals surface area contributed by atoms with Crippen molar-refractivity contribution in [2.24, 2.45) is 0 Å². The highest BCUT2D eigenvalue weighted by molar-refractivity contribution is 7.24. The van der Waals surface area contributed by atoms with Crippen LogP contribution in [0.15, 0.2) is 47.3 Å². The Bertz CT molecular complexity index is 931. The maximum absolute atomic E-state index is 12.8. The van der Waals surface area contributed by atoms with E-state index in [-0.39, 0.29) is 12.0 Å². The van der Waals surface area contributed by atoms with Gasteiger partial charge in [0.15, 0.2) is 5.43 Å². The largest absolute Gasteiger partial charge is 0.390 e. The summed E-state index contributed by atoms with van der Waals surface area (Å²) in [6, 6.07) is 13.7. The number of hydrogen-bond acceptors (Lipinski definition) is 4. The maximum atomic E-state index is 12.8. The summed E-state index contributed by atoms with van der Waals surface area (Å²) >= 11 is 1.64. The lowest BCUT2D eigenvalue weighted by Gasteiger charge is -2.33. The van der Waals surface area contributed by atoms with Crippen LogP contribution in [-0.2, 0) is 11.4 Å². The van der Waals surface area contributed by atoms with Crippen LogP contribution in [0.5, 0.6) is 0 Å². The smallest absolute Gasteiger partial charge is 0.195 e. The first-order valence-corrected chi connectivity index (χ1v) is 9.50. The lowest BCUT2D eigenvalue weighted by molar-refractivity contribution is -1.11. The van der Waals surface area contributed by atoms with Crippen molar-refractivity contribution in [3.63, 3.8) is 0 Å². The van der Waals surface area contributed by atoms with Crippen LogP contribution in [-0.4, -0.2) is 36.0 Å². The van der Waals surface area contributed by atoms with Gasteiger partial charge >= 0.3 is 0 Å². The second-order valence-electron chi connectivity index (χ2n) is 6.17. The van der Waals surface area contributed by atoms with Crippen LogP contribution in [0.1, 0.15) is 19.4 Å². The fourth-order valence-corrected chi connectivity index (χ4v) is 4.17. The van der Waals surface area contributed by atoms with Crippen molar-refractivity contribution in [3.05, 3.63) is 58.3 Å². The lowest BCUT2D eigenvalue weighted by Crippen LogP contribution is -2.49. The Balaban J connectivity index is 1.94. The van der Waals surface area contributed by atoms with E-state index in [1.807, 2.05) is 42.5 Å². The summed E-state index contributed by atoms with van der Waals surface area (Å²) in [5.74, 6) is 0.